The number of likely N-dealkylation sites (tertiary alicyclic amines) is 1. The number of pyridine rings is 1. The number of piperidine rings is 1. The van der Waals surface area contributed by atoms with Crippen LogP contribution in [-0.4, -0.2) is 51.7 Å². The quantitative estimate of drug-likeness (QED) is 0.648. The van der Waals surface area contributed by atoms with Crippen LogP contribution in [0.1, 0.15) is 68.8 Å². The van der Waals surface area contributed by atoms with E-state index in [1.54, 1.807) is 6.20 Å². The number of rotatable bonds is 5. The van der Waals surface area contributed by atoms with Crippen LogP contribution in [0.4, 0.5) is 5.82 Å². The highest BCUT2D eigenvalue weighted by Crippen LogP contribution is 2.59. The second-order valence-electron chi connectivity index (χ2n) is 11.1. The number of aromatic nitrogens is 1. The topological polar surface area (TPSA) is 91.5 Å². The van der Waals surface area contributed by atoms with Crippen molar-refractivity contribution in [1.82, 2.24) is 15.2 Å². The van der Waals surface area contributed by atoms with Crippen molar-refractivity contribution < 1.29 is 9.90 Å². The molecule has 0 unspecified atom stereocenters. The van der Waals surface area contributed by atoms with E-state index in [1.807, 2.05) is 13.0 Å². The number of aliphatic hydroxyl groups is 1. The molecule has 1 aromatic carbocycles. The van der Waals surface area contributed by atoms with Gasteiger partial charge < -0.3 is 16.2 Å². The number of anilines is 1. The third-order valence-corrected chi connectivity index (χ3v) is 8.26. The molecule has 0 radical (unpaired) electrons. The fourth-order valence-corrected chi connectivity index (χ4v) is 5.82. The second-order valence-corrected chi connectivity index (χ2v) is 11.1. The molecular weight excluding hydrogens is 412 g/mol. The van der Waals surface area contributed by atoms with Gasteiger partial charge in [-0.25, -0.2) is 4.98 Å². The van der Waals surface area contributed by atoms with Crippen molar-refractivity contribution >= 4 is 11.7 Å². The Morgan fingerprint density at radius 1 is 1.21 bits per heavy atom. The lowest BCUT2D eigenvalue weighted by Crippen LogP contribution is -2.42. The zero-order valence-corrected chi connectivity index (χ0v) is 20.0. The van der Waals surface area contributed by atoms with E-state index in [-0.39, 0.29) is 17.8 Å². The number of carbonyl (C=O) groups excluding carboxylic acids is 1. The second kappa shape index (κ2) is 8.10. The molecule has 6 nitrogen and oxygen atoms in total. The predicted molar refractivity (Wildman–Crippen MR) is 131 cm³/mol. The average molecular weight is 449 g/mol. The molecule has 3 fully saturated rings. The van der Waals surface area contributed by atoms with E-state index in [4.69, 9.17) is 5.73 Å². The van der Waals surface area contributed by atoms with Gasteiger partial charge in [0.15, 0.2) is 0 Å². The Balaban J connectivity index is 1.30. The highest BCUT2D eigenvalue weighted by molar-refractivity contribution is 5.99. The van der Waals surface area contributed by atoms with Crippen LogP contribution in [-0.2, 0) is 5.41 Å². The first-order valence-corrected chi connectivity index (χ1v) is 12.3. The first-order chi connectivity index (χ1) is 15.7. The van der Waals surface area contributed by atoms with Gasteiger partial charge >= 0.3 is 0 Å². The maximum atomic E-state index is 12.9. The summed E-state index contributed by atoms with van der Waals surface area (Å²) in [6.07, 6.45) is 5.95. The zero-order chi connectivity index (χ0) is 23.4. The molecule has 4 N–H and O–H groups in total. The minimum Gasteiger partial charge on any atom is -0.390 e. The first-order valence-electron chi connectivity index (χ1n) is 12.3. The molecule has 1 aliphatic heterocycles. The monoisotopic (exact) mass is 448 g/mol. The predicted octanol–water partition coefficient (Wildman–Crippen LogP) is 3.74. The number of amides is 1. The molecule has 1 aromatic heterocycles. The SMILES string of the molecule is CC(C)N1C[C@H]2C[C@@]2(c2ccc(-c3cnc(N)c(C(=O)NC4CCC(C)(O)CC4)c3)cc2)C1. The number of nitrogen functional groups attached to an aromatic ring is 1. The fraction of sp³-hybridized carbons (Fsp3) is 0.556. The van der Waals surface area contributed by atoms with Crippen molar-refractivity contribution in [2.75, 3.05) is 18.8 Å². The maximum Gasteiger partial charge on any atom is 0.255 e. The van der Waals surface area contributed by atoms with Crippen molar-refractivity contribution in [3.63, 3.8) is 0 Å². The number of carbonyl (C=O) groups is 1. The summed E-state index contributed by atoms with van der Waals surface area (Å²) < 4.78 is 0. The smallest absolute Gasteiger partial charge is 0.255 e. The van der Waals surface area contributed by atoms with Crippen molar-refractivity contribution in [1.29, 1.82) is 0 Å². The maximum absolute atomic E-state index is 12.9. The number of nitrogens with two attached hydrogens (primary N) is 1. The molecule has 5 rings (SSSR count). The van der Waals surface area contributed by atoms with E-state index in [0.717, 1.165) is 36.4 Å². The number of hydrogen-bond acceptors (Lipinski definition) is 5. The molecule has 1 amide bonds. The lowest BCUT2D eigenvalue weighted by atomic mass is 9.83. The Labute approximate surface area is 196 Å². The molecule has 1 saturated heterocycles. The molecule has 2 heterocycles. The average Bonchev–Trinajstić information content (AvgIpc) is 3.36. The standard InChI is InChI=1S/C27H36N4O2/c1-17(2)31-15-21-13-27(21,16-31)20-6-4-18(5-7-20)19-12-23(24(28)29-14-19)25(32)30-22-8-10-26(3,33)11-9-22/h4-7,12,14,17,21-22,33H,8-11,13,15-16H2,1-3H3,(H2,28,29)(H,30,32)/t21-,22?,26?,27+/m1/s1. The van der Waals surface area contributed by atoms with Crippen LogP contribution >= 0.6 is 0 Å². The van der Waals surface area contributed by atoms with Gasteiger partial charge in [-0.15, -0.1) is 0 Å². The first kappa shape index (κ1) is 22.4. The Morgan fingerprint density at radius 2 is 1.91 bits per heavy atom. The van der Waals surface area contributed by atoms with Gasteiger partial charge in [-0.2, -0.15) is 0 Å². The van der Waals surface area contributed by atoms with Crippen LogP contribution in [0.25, 0.3) is 11.1 Å². The van der Waals surface area contributed by atoms with Crippen LogP contribution < -0.4 is 11.1 Å². The highest BCUT2D eigenvalue weighted by atomic mass is 16.3. The van der Waals surface area contributed by atoms with Crippen LogP contribution in [0.2, 0.25) is 0 Å². The molecule has 2 aromatic rings. The van der Waals surface area contributed by atoms with Gasteiger partial charge in [-0.05, 0) is 76.0 Å². The van der Waals surface area contributed by atoms with Crippen molar-refractivity contribution in [2.45, 2.75) is 76.0 Å². The molecule has 2 atom stereocenters. The fourth-order valence-electron chi connectivity index (χ4n) is 5.82. The summed E-state index contributed by atoms with van der Waals surface area (Å²) in [4.78, 5) is 19.8. The van der Waals surface area contributed by atoms with Gasteiger partial charge in [0, 0.05) is 42.3 Å². The number of fused-ring (bicyclic) bond motifs is 1. The van der Waals surface area contributed by atoms with E-state index in [9.17, 15) is 9.90 Å². The van der Waals surface area contributed by atoms with E-state index >= 15 is 0 Å². The van der Waals surface area contributed by atoms with Crippen LogP contribution in [0.5, 0.6) is 0 Å². The Bertz CT molecular complexity index is 1040. The van der Waals surface area contributed by atoms with Gasteiger partial charge in [-0.3, -0.25) is 9.69 Å². The molecule has 0 spiro atoms. The molecule has 6 heteroatoms. The van der Waals surface area contributed by atoms with E-state index in [0.29, 0.717) is 29.9 Å². The number of benzene rings is 1. The van der Waals surface area contributed by atoms with Crippen molar-refractivity contribution in [3.8, 4) is 11.1 Å². The largest absolute Gasteiger partial charge is 0.390 e. The molecule has 2 saturated carbocycles. The normalized spacial score (nSPS) is 31.4. The Morgan fingerprint density at radius 3 is 2.55 bits per heavy atom. The summed E-state index contributed by atoms with van der Waals surface area (Å²) in [5.41, 5.74) is 9.55. The molecule has 176 valence electrons. The summed E-state index contributed by atoms with van der Waals surface area (Å²) in [6, 6.07) is 11.3. The van der Waals surface area contributed by atoms with Gasteiger partial charge in [0.05, 0.1) is 11.2 Å². The van der Waals surface area contributed by atoms with Crippen LogP contribution in [0, 0.1) is 5.92 Å². The molecule has 33 heavy (non-hydrogen) atoms. The lowest BCUT2D eigenvalue weighted by Gasteiger charge is -2.33. The minimum atomic E-state index is -0.625. The lowest BCUT2D eigenvalue weighted by molar-refractivity contribution is 0.0140. The van der Waals surface area contributed by atoms with Crippen LogP contribution in [0.15, 0.2) is 36.5 Å². The van der Waals surface area contributed by atoms with E-state index < -0.39 is 5.60 Å². The summed E-state index contributed by atoms with van der Waals surface area (Å²) in [5, 5.41) is 13.2. The molecular formula is C27H36N4O2. The molecule has 3 aliphatic rings. The van der Waals surface area contributed by atoms with E-state index in [1.165, 1.54) is 18.5 Å². The zero-order valence-electron chi connectivity index (χ0n) is 20.0. The number of hydrogen-bond donors (Lipinski definition) is 3. The summed E-state index contributed by atoms with van der Waals surface area (Å²) in [7, 11) is 0. The highest BCUT2D eigenvalue weighted by Gasteiger charge is 2.60. The third kappa shape index (κ3) is 4.26. The van der Waals surface area contributed by atoms with Gasteiger partial charge in [0.25, 0.3) is 5.91 Å². The Kier molecular flexibility index (Phi) is 5.49. The molecule has 2 aliphatic carbocycles. The Hall–Kier alpha value is -2.44. The summed E-state index contributed by atoms with van der Waals surface area (Å²) >= 11 is 0. The number of nitrogens with one attached hydrogen (secondary N) is 1. The van der Waals surface area contributed by atoms with Gasteiger partial charge in [-0.1, -0.05) is 24.3 Å². The van der Waals surface area contributed by atoms with Crippen molar-refractivity contribution in [3.05, 3.63) is 47.7 Å². The minimum absolute atomic E-state index is 0.0580. The van der Waals surface area contributed by atoms with Gasteiger partial charge in [0.1, 0.15) is 5.82 Å². The van der Waals surface area contributed by atoms with E-state index in [2.05, 4.69) is 53.3 Å². The van der Waals surface area contributed by atoms with Crippen molar-refractivity contribution in [2.24, 2.45) is 5.92 Å². The van der Waals surface area contributed by atoms with Crippen LogP contribution in [0.3, 0.4) is 0 Å². The molecule has 0 bridgehead atoms. The number of nitrogens with zero attached hydrogens (tertiary/aromatic N) is 2. The third-order valence-electron chi connectivity index (χ3n) is 8.26. The van der Waals surface area contributed by atoms with Gasteiger partial charge in [0.2, 0.25) is 0 Å². The summed E-state index contributed by atoms with van der Waals surface area (Å²) in [5.74, 6) is 0.835. The summed E-state index contributed by atoms with van der Waals surface area (Å²) in [6.45, 7) is 8.78.